The van der Waals surface area contributed by atoms with Crippen molar-refractivity contribution < 1.29 is 24.5 Å². The quantitative estimate of drug-likeness (QED) is 0.477. The van der Waals surface area contributed by atoms with Crippen LogP contribution >= 0.6 is 11.8 Å². The molecule has 1 fully saturated rings. The lowest BCUT2D eigenvalue weighted by Gasteiger charge is -2.45. The van der Waals surface area contributed by atoms with Gasteiger partial charge in [0.25, 0.3) is 0 Å². The molecule has 0 aromatic carbocycles. The molecule has 1 aliphatic carbocycles. The first-order chi connectivity index (χ1) is 15.1. The first-order valence-corrected chi connectivity index (χ1v) is 12.7. The van der Waals surface area contributed by atoms with Gasteiger partial charge in [-0.2, -0.15) is 0 Å². The Hall–Kier alpha value is -1.44. The van der Waals surface area contributed by atoms with Crippen LogP contribution < -0.4 is 0 Å². The van der Waals surface area contributed by atoms with E-state index in [4.69, 9.17) is 4.74 Å². The van der Waals surface area contributed by atoms with Crippen molar-refractivity contribution >= 4 is 28.6 Å². The topological polar surface area (TPSA) is 96.2 Å². The summed E-state index contributed by atoms with van der Waals surface area (Å²) in [5.74, 6) is -0.414. The predicted molar refractivity (Wildman–Crippen MR) is 128 cm³/mol. The lowest BCUT2D eigenvalue weighted by atomic mass is 9.60. The van der Waals surface area contributed by atoms with Gasteiger partial charge >= 0.3 is 5.97 Å². The summed E-state index contributed by atoms with van der Waals surface area (Å²) in [7, 11) is 0. The molecule has 0 amide bonds. The molecule has 3 aliphatic rings. The summed E-state index contributed by atoms with van der Waals surface area (Å²) >= 11 is 1.73. The van der Waals surface area contributed by atoms with Crippen LogP contribution in [0.25, 0.3) is 0 Å². The molecule has 178 valence electrons. The Kier molecular flexibility index (Phi) is 8.39. The normalized spacial score (nSPS) is 40.9. The number of ether oxygens (including phenoxy) is 1. The molecule has 3 rings (SSSR count). The van der Waals surface area contributed by atoms with Gasteiger partial charge in [-0.25, -0.2) is 0 Å². The highest BCUT2D eigenvalue weighted by Crippen LogP contribution is 2.44. The molecule has 32 heavy (non-hydrogen) atoms. The van der Waals surface area contributed by atoms with Gasteiger partial charge in [-0.1, -0.05) is 32.1 Å². The third kappa shape index (κ3) is 5.72. The number of esters is 1. The van der Waals surface area contributed by atoms with Crippen LogP contribution in [0.15, 0.2) is 28.8 Å². The number of hydrogen-bond acceptors (Lipinski definition) is 7. The van der Waals surface area contributed by atoms with Gasteiger partial charge in [0.15, 0.2) is 0 Å². The molecular formula is C25H37NO5S. The second kappa shape index (κ2) is 10.7. The van der Waals surface area contributed by atoms with Crippen LogP contribution in [0, 0.1) is 17.3 Å². The third-order valence-electron chi connectivity index (χ3n) is 7.26. The average Bonchev–Trinajstić information content (AvgIpc) is 3.15. The first-order valence-electron chi connectivity index (χ1n) is 11.7. The van der Waals surface area contributed by atoms with Crippen molar-refractivity contribution in [2.24, 2.45) is 22.2 Å². The van der Waals surface area contributed by atoms with Crippen LogP contribution in [0.4, 0.5) is 0 Å². The van der Waals surface area contributed by atoms with Crippen molar-refractivity contribution in [2.45, 2.75) is 90.6 Å². The third-order valence-corrected chi connectivity index (χ3v) is 8.29. The maximum Gasteiger partial charge on any atom is 0.309 e. The van der Waals surface area contributed by atoms with E-state index in [1.54, 1.807) is 25.6 Å². The number of rotatable bonds is 2. The molecule has 0 aromatic rings. The smallest absolute Gasteiger partial charge is 0.309 e. The second-order valence-electron chi connectivity index (χ2n) is 9.80. The number of fused-ring (bicyclic) bond motifs is 2. The monoisotopic (exact) mass is 463 g/mol. The molecule has 2 aliphatic heterocycles. The maximum atomic E-state index is 13.0. The summed E-state index contributed by atoms with van der Waals surface area (Å²) in [5.41, 5.74) is -0.110. The SMILES string of the molecule is CC1=NC(/C=C(\C)[C@@H]2C/C=C\CCC[C@@H]3C[C@@](C)(C(=O)[C@H](C)[C@H]3O)[C@@H](O)CC(=O)O2)CS1. The molecule has 0 saturated heterocycles. The van der Waals surface area contributed by atoms with Crippen LogP contribution in [-0.4, -0.2) is 57.1 Å². The zero-order valence-electron chi connectivity index (χ0n) is 19.6. The van der Waals surface area contributed by atoms with Crippen molar-refractivity contribution in [2.75, 3.05) is 5.75 Å². The fourth-order valence-corrected chi connectivity index (χ4v) is 5.98. The number of cyclic esters (lactones) is 1. The van der Waals surface area contributed by atoms with Gasteiger partial charge in [-0.15, -0.1) is 11.8 Å². The maximum absolute atomic E-state index is 13.0. The minimum absolute atomic E-state index is 0.0686. The molecule has 2 N–H and O–H groups in total. The number of aliphatic hydroxyl groups is 2. The summed E-state index contributed by atoms with van der Waals surface area (Å²) < 4.78 is 5.80. The Morgan fingerprint density at radius 3 is 2.75 bits per heavy atom. The molecule has 1 unspecified atom stereocenters. The molecule has 7 heteroatoms. The number of aliphatic hydroxyl groups excluding tert-OH is 2. The zero-order chi connectivity index (χ0) is 23.5. The zero-order valence-corrected chi connectivity index (χ0v) is 20.4. The van der Waals surface area contributed by atoms with Crippen molar-refractivity contribution in [3.05, 3.63) is 23.8 Å². The van der Waals surface area contributed by atoms with E-state index in [2.05, 4.69) is 17.1 Å². The molecule has 0 aromatic heterocycles. The number of ketones is 1. The molecule has 7 atom stereocenters. The molecular weight excluding hydrogens is 426 g/mol. The van der Waals surface area contributed by atoms with E-state index in [9.17, 15) is 19.8 Å². The number of carbonyl (C=O) groups is 2. The molecule has 1 saturated carbocycles. The summed E-state index contributed by atoms with van der Waals surface area (Å²) in [6.45, 7) is 7.41. The van der Waals surface area contributed by atoms with E-state index in [0.29, 0.717) is 12.8 Å². The average molecular weight is 464 g/mol. The number of thioether (sulfide) groups is 1. The van der Waals surface area contributed by atoms with Crippen molar-refractivity contribution in [1.82, 2.24) is 0 Å². The highest BCUT2D eigenvalue weighted by atomic mass is 32.2. The van der Waals surface area contributed by atoms with E-state index >= 15 is 0 Å². The first kappa shape index (κ1) is 25.2. The standard InChI is InChI=1S/C25H37NO5S/c1-15(11-19-14-32-17(3)26-19)20-10-8-6-5-7-9-18-13-25(4,21(27)12-22(28)31-20)24(30)16(2)23(18)29/h6,8,11,16,18-21,23,27,29H,5,7,9-10,12-14H2,1-4H3/b8-6-,15-11+/t16-,18-,19?,20+,21+,23-,25-/m1/s1. The van der Waals surface area contributed by atoms with Crippen LogP contribution in [-0.2, 0) is 14.3 Å². The Labute approximate surface area is 195 Å². The molecule has 2 heterocycles. The fourth-order valence-electron chi connectivity index (χ4n) is 5.19. The lowest BCUT2D eigenvalue weighted by Crippen LogP contribution is -2.54. The Balaban J connectivity index is 1.80. The van der Waals surface area contributed by atoms with Gasteiger partial charge in [0.1, 0.15) is 11.9 Å². The Morgan fingerprint density at radius 2 is 2.06 bits per heavy atom. The summed E-state index contributed by atoms with van der Waals surface area (Å²) in [5, 5.41) is 22.6. The molecule has 6 nitrogen and oxygen atoms in total. The van der Waals surface area contributed by atoms with Crippen molar-refractivity contribution in [3.63, 3.8) is 0 Å². The van der Waals surface area contributed by atoms with Gasteiger partial charge in [0.05, 0.1) is 35.1 Å². The molecule has 2 bridgehead atoms. The predicted octanol–water partition coefficient (Wildman–Crippen LogP) is 3.85. The minimum Gasteiger partial charge on any atom is -0.457 e. The van der Waals surface area contributed by atoms with E-state index in [1.807, 2.05) is 19.9 Å². The van der Waals surface area contributed by atoms with Crippen LogP contribution in [0.2, 0.25) is 0 Å². The van der Waals surface area contributed by atoms with Crippen LogP contribution in [0.5, 0.6) is 0 Å². The van der Waals surface area contributed by atoms with E-state index < -0.39 is 35.6 Å². The Morgan fingerprint density at radius 1 is 1.31 bits per heavy atom. The largest absolute Gasteiger partial charge is 0.457 e. The molecule has 0 spiro atoms. The lowest BCUT2D eigenvalue weighted by molar-refractivity contribution is -0.161. The highest BCUT2D eigenvalue weighted by Gasteiger charge is 2.51. The van der Waals surface area contributed by atoms with Gasteiger partial charge in [0, 0.05) is 18.1 Å². The van der Waals surface area contributed by atoms with Crippen LogP contribution in [0.3, 0.4) is 0 Å². The van der Waals surface area contributed by atoms with Gasteiger partial charge < -0.3 is 14.9 Å². The van der Waals surface area contributed by atoms with Gasteiger partial charge in [0.2, 0.25) is 0 Å². The van der Waals surface area contributed by atoms with Crippen molar-refractivity contribution in [3.8, 4) is 0 Å². The number of allylic oxidation sites excluding steroid dienone is 1. The van der Waals surface area contributed by atoms with Crippen LogP contribution in [0.1, 0.15) is 66.2 Å². The number of carbonyl (C=O) groups excluding carboxylic acids is 2. The number of Topliss-reactive ketones (excluding diaryl/α,β-unsaturated/α-hetero) is 1. The van der Waals surface area contributed by atoms with Crippen molar-refractivity contribution in [1.29, 1.82) is 0 Å². The number of aliphatic imine (C=N–C) groups is 1. The molecule has 0 radical (unpaired) electrons. The second-order valence-corrected chi connectivity index (χ2v) is 11.0. The highest BCUT2D eigenvalue weighted by molar-refractivity contribution is 8.14. The van der Waals surface area contributed by atoms with Gasteiger partial charge in [-0.3, -0.25) is 14.6 Å². The number of nitrogens with zero attached hydrogens (tertiary/aromatic N) is 1. The summed E-state index contributed by atoms with van der Waals surface area (Å²) in [6.07, 6.45) is 7.21. The summed E-state index contributed by atoms with van der Waals surface area (Å²) in [6, 6.07) is 0.0880. The van der Waals surface area contributed by atoms with E-state index in [-0.39, 0.29) is 24.2 Å². The van der Waals surface area contributed by atoms with E-state index in [1.165, 1.54) is 0 Å². The minimum atomic E-state index is -1.14. The number of hydrogen-bond donors (Lipinski definition) is 2. The summed E-state index contributed by atoms with van der Waals surface area (Å²) in [4.78, 5) is 30.4. The Bertz CT molecular complexity index is 806. The fraction of sp³-hybridized carbons (Fsp3) is 0.720. The van der Waals surface area contributed by atoms with Gasteiger partial charge in [-0.05, 0) is 51.0 Å². The van der Waals surface area contributed by atoms with E-state index in [0.717, 1.165) is 35.6 Å².